The molecule has 2 saturated heterocycles. The molecule has 30 heavy (non-hydrogen) atoms. The molecule has 9 nitrogen and oxygen atoms in total. The molecule has 1 amide bonds. The number of rotatable bonds is 4. The molecule has 4 heterocycles. The largest absolute Gasteiger partial charge is 0.374 e. The van der Waals surface area contributed by atoms with E-state index in [1.807, 2.05) is 26.1 Å². The number of morpholine rings is 2. The highest BCUT2D eigenvalue weighted by Crippen LogP contribution is 2.28. The maximum atomic E-state index is 12.8. The zero-order valence-electron chi connectivity index (χ0n) is 17.2. The number of carbonyl (C=O) groups excluding carboxylic acids is 1. The molecule has 4 rings (SSSR count). The number of nitrogens with one attached hydrogen (secondary N) is 1. The molecule has 158 valence electrons. The smallest absolute Gasteiger partial charge is 0.251 e. The van der Waals surface area contributed by atoms with Crippen molar-refractivity contribution in [3.05, 3.63) is 30.2 Å². The average Bonchev–Trinajstić information content (AvgIpc) is 2.76. The van der Waals surface area contributed by atoms with Crippen LogP contribution in [0.4, 0.5) is 5.69 Å². The summed E-state index contributed by atoms with van der Waals surface area (Å²) in [5, 5.41) is 13.1. The number of amides is 1. The van der Waals surface area contributed by atoms with E-state index in [1.54, 1.807) is 12.4 Å². The number of pyridine rings is 2. The second-order valence-corrected chi connectivity index (χ2v) is 7.84. The summed E-state index contributed by atoms with van der Waals surface area (Å²) >= 11 is 0. The number of fused-ring (bicyclic) bond motifs is 1. The minimum Gasteiger partial charge on any atom is -0.374 e. The Morgan fingerprint density at radius 3 is 3.03 bits per heavy atom. The number of nitriles is 1. The molecule has 0 aliphatic carbocycles. The predicted octanol–water partition coefficient (Wildman–Crippen LogP) is 0.542. The van der Waals surface area contributed by atoms with Crippen LogP contribution in [0.2, 0.25) is 0 Å². The summed E-state index contributed by atoms with van der Waals surface area (Å²) in [6.45, 7) is 5.81. The van der Waals surface area contributed by atoms with Crippen molar-refractivity contribution in [1.82, 2.24) is 20.2 Å². The van der Waals surface area contributed by atoms with Crippen LogP contribution in [-0.4, -0.2) is 85.5 Å². The highest BCUT2D eigenvalue weighted by molar-refractivity contribution is 5.94. The van der Waals surface area contributed by atoms with Crippen molar-refractivity contribution in [3.8, 4) is 6.07 Å². The van der Waals surface area contributed by atoms with Gasteiger partial charge in [-0.2, -0.15) is 5.26 Å². The van der Waals surface area contributed by atoms with Crippen LogP contribution in [0.5, 0.6) is 0 Å². The van der Waals surface area contributed by atoms with E-state index in [1.165, 1.54) is 0 Å². The van der Waals surface area contributed by atoms with Crippen LogP contribution in [0.1, 0.15) is 12.6 Å². The van der Waals surface area contributed by atoms with Crippen LogP contribution in [-0.2, 0) is 14.3 Å². The first kappa shape index (κ1) is 20.5. The fourth-order valence-electron chi connectivity index (χ4n) is 4.00. The highest BCUT2D eigenvalue weighted by atomic mass is 16.5. The van der Waals surface area contributed by atoms with Crippen molar-refractivity contribution < 1.29 is 14.3 Å². The molecule has 1 N–H and O–H groups in total. The maximum absolute atomic E-state index is 12.8. The average molecular weight is 410 g/mol. The van der Waals surface area contributed by atoms with Gasteiger partial charge in [-0.3, -0.25) is 9.78 Å². The van der Waals surface area contributed by atoms with Gasteiger partial charge in [-0.15, -0.1) is 0 Å². The van der Waals surface area contributed by atoms with Crippen LogP contribution < -0.4 is 10.2 Å². The molecule has 2 aromatic rings. The van der Waals surface area contributed by atoms with Gasteiger partial charge in [0.2, 0.25) is 0 Å². The molecule has 0 aromatic carbocycles. The molecule has 0 saturated carbocycles. The van der Waals surface area contributed by atoms with Gasteiger partial charge in [-0.1, -0.05) is 0 Å². The van der Waals surface area contributed by atoms with Crippen molar-refractivity contribution >= 4 is 22.5 Å². The molecule has 0 unspecified atom stereocenters. The third-order valence-electron chi connectivity index (χ3n) is 5.47. The van der Waals surface area contributed by atoms with Crippen molar-refractivity contribution in [2.24, 2.45) is 0 Å². The first-order valence-electron chi connectivity index (χ1n) is 10.2. The van der Waals surface area contributed by atoms with E-state index in [9.17, 15) is 10.1 Å². The monoisotopic (exact) mass is 410 g/mol. The van der Waals surface area contributed by atoms with Crippen LogP contribution in [0.15, 0.2) is 24.5 Å². The number of hydrogen-bond acceptors (Lipinski definition) is 8. The second kappa shape index (κ2) is 8.92. The van der Waals surface area contributed by atoms with E-state index >= 15 is 0 Å². The van der Waals surface area contributed by atoms with E-state index in [0.29, 0.717) is 37.5 Å². The van der Waals surface area contributed by atoms with Crippen molar-refractivity contribution in [3.63, 3.8) is 0 Å². The Labute approximate surface area is 175 Å². The number of carbonyl (C=O) groups is 1. The van der Waals surface area contributed by atoms with E-state index < -0.39 is 6.10 Å². The first-order valence-corrected chi connectivity index (χ1v) is 10.2. The maximum Gasteiger partial charge on any atom is 0.251 e. The van der Waals surface area contributed by atoms with Gasteiger partial charge in [0.1, 0.15) is 11.6 Å². The first-order chi connectivity index (χ1) is 14.5. The zero-order valence-corrected chi connectivity index (χ0v) is 17.2. The molecule has 2 aromatic heterocycles. The van der Waals surface area contributed by atoms with Gasteiger partial charge in [0, 0.05) is 37.8 Å². The Morgan fingerprint density at radius 2 is 2.23 bits per heavy atom. The molecule has 2 aliphatic heterocycles. The summed E-state index contributed by atoms with van der Waals surface area (Å²) in [7, 11) is 2.05. The number of anilines is 1. The molecule has 0 spiro atoms. The lowest BCUT2D eigenvalue weighted by Crippen LogP contribution is -2.54. The van der Waals surface area contributed by atoms with Crippen LogP contribution >= 0.6 is 0 Å². The van der Waals surface area contributed by atoms with Gasteiger partial charge in [0.15, 0.2) is 11.8 Å². The Hall–Kier alpha value is -2.80. The van der Waals surface area contributed by atoms with E-state index in [4.69, 9.17) is 9.47 Å². The minimum absolute atomic E-state index is 0.0115. The third kappa shape index (κ3) is 4.36. The number of aromatic nitrogens is 2. The summed E-state index contributed by atoms with van der Waals surface area (Å²) in [6.07, 6.45) is 2.59. The van der Waals surface area contributed by atoms with Crippen molar-refractivity contribution in [1.29, 1.82) is 5.26 Å². The Balaban J connectivity index is 1.48. The zero-order chi connectivity index (χ0) is 21.1. The number of hydrogen-bond donors (Lipinski definition) is 1. The molecular formula is C21H26N6O3. The summed E-state index contributed by atoms with van der Waals surface area (Å²) < 4.78 is 11.6. The normalized spacial score (nSPS) is 25.1. The number of ether oxygens (including phenoxy) is 2. The van der Waals surface area contributed by atoms with E-state index in [-0.39, 0.29) is 18.1 Å². The van der Waals surface area contributed by atoms with Crippen LogP contribution in [0, 0.1) is 11.3 Å². The summed E-state index contributed by atoms with van der Waals surface area (Å²) in [5.41, 5.74) is 1.71. The SMILES string of the molecule is C[C@@H]1CN(c2cnc(C#N)c3ncccc23)C[C@H](C(=O)NC[C@@H]2CN(C)CCO2)O1. The molecule has 0 radical (unpaired) electrons. The van der Waals surface area contributed by atoms with Crippen LogP contribution in [0.3, 0.4) is 0 Å². The van der Waals surface area contributed by atoms with E-state index in [0.717, 1.165) is 24.2 Å². The van der Waals surface area contributed by atoms with Gasteiger partial charge in [-0.25, -0.2) is 4.98 Å². The second-order valence-electron chi connectivity index (χ2n) is 7.84. The van der Waals surface area contributed by atoms with Gasteiger partial charge in [-0.05, 0) is 26.1 Å². The summed E-state index contributed by atoms with van der Waals surface area (Å²) in [6, 6.07) is 5.85. The minimum atomic E-state index is -0.600. The third-order valence-corrected chi connectivity index (χ3v) is 5.47. The van der Waals surface area contributed by atoms with Crippen molar-refractivity contribution in [2.45, 2.75) is 25.2 Å². The summed E-state index contributed by atoms with van der Waals surface area (Å²) in [5.74, 6) is -0.146. The number of nitrogens with zero attached hydrogens (tertiary/aromatic N) is 5. The van der Waals surface area contributed by atoms with Crippen LogP contribution in [0.25, 0.3) is 10.9 Å². The summed E-state index contributed by atoms with van der Waals surface area (Å²) in [4.78, 5) is 25.7. The molecular weight excluding hydrogens is 384 g/mol. The van der Waals surface area contributed by atoms with Crippen molar-refractivity contribution in [2.75, 3.05) is 51.3 Å². The Kier molecular flexibility index (Phi) is 6.08. The molecule has 0 bridgehead atoms. The predicted molar refractivity (Wildman–Crippen MR) is 111 cm³/mol. The molecule has 9 heteroatoms. The topological polar surface area (TPSA) is 104 Å². The fraction of sp³-hybridized carbons (Fsp3) is 0.524. The number of likely N-dealkylation sites (N-methyl/N-ethyl adjacent to an activating group) is 1. The van der Waals surface area contributed by atoms with E-state index in [2.05, 4.69) is 31.2 Å². The lowest BCUT2D eigenvalue weighted by atomic mass is 10.1. The highest BCUT2D eigenvalue weighted by Gasteiger charge is 2.32. The molecule has 2 fully saturated rings. The lowest BCUT2D eigenvalue weighted by Gasteiger charge is -2.38. The fourth-order valence-corrected chi connectivity index (χ4v) is 4.00. The Morgan fingerprint density at radius 1 is 1.37 bits per heavy atom. The molecule has 2 aliphatic rings. The van der Waals surface area contributed by atoms with Gasteiger partial charge in [0.25, 0.3) is 5.91 Å². The Bertz CT molecular complexity index is 961. The van der Waals surface area contributed by atoms with Gasteiger partial charge in [0.05, 0.1) is 37.2 Å². The van der Waals surface area contributed by atoms with Gasteiger partial charge < -0.3 is 24.6 Å². The quantitative estimate of drug-likeness (QED) is 0.779. The van der Waals surface area contributed by atoms with Gasteiger partial charge >= 0.3 is 0 Å². The standard InChI is InChI=1S/C21H26N6O3/c1-14-11-27(18-10-24-17(8-22)20-16(18)4-3-5-23-20)13-19(30-14)21(28)25-9-15-12-26(2)6-7-29-15/h3-5,10,14-15,19H,6-7,9,11-13H2,1-2H3,(H,25,28)/t14-,15-,19-/m1/s1. The molecule has 3 atom stereocenters. The lowest BCUT2D eigenvalue weighted by molar-refractivity contribution is -0.138.